The summed E-state index contributed by atoms with van der Waals surface area (Å²) in [5.41, 5.74) is 1.42. The third-order valence-electron chi connectivity index (χ3n) is 1.84. The summed E-state index contributed by atoms with van der Waals surface area (Å²) in [5.74, 6) is 0.213. The highest BCUT2D eigenvalue weighted by Gasteiger charge is 2.23. The van der Waals surface area contributed by atoms with Crippen LogP contribution in [-0.2, 0) is 0 Å². The molecule has 0 unspecified atom stereocenters. The molecular formula is C8H8N6O2S2. The van der Waals surface area contributed by atoms with Crippen molar-refractivity contribution in [1.29, 1.82) is 0 Å². The Hall–Kier alpha value is -1.81. The zero-order chi connectivity index (χ0) is 13.0. The molecule has 0 fully saturated rings. The van der Waals surface area contributed by atoms with E-state index in [0.717, 1.165) is 11.8 Å². The smallest absolute Gasteiger partial charge is 0.343 e. The maximum Gasteiger partial charge on any atom is 0.343 e. The molecule has 0 aliphatic carbocycles. The predicted molar refractivity (Wildman–Crippen MR) is 66.9 cm³/mol. The van der Waals surface area contributed by atoms with Crippen LogP contribution in [0.2, 0.25) is 0 Å². The van der Waals surface area contributed by atoms with Crippen LogP contribution in [0.3, 0.4) is 0 Å². The third kappa shape index (κ3) is 2.71. The standard InChI is InChI=1S/C8H8N6O2S2/c1-2-9-6-5(14(15)16)7(11-3-10-6)18-8-13-12-4-17-8/h3-4H,2H2,1H3,(H,9,10,11). The zero-order valence-corrected chi connectivity index (χ0v) is 10.9. The van der Waals surface area contributed by atoms with Crippen molar-refractivity contribution in [3.8, 4) is 0 Å². The number of nitro groups is 1. The zero-order valence-electron chi connectivity index (χ0n) is 9.23. The molecule has 8 nitrogen and oxygen atoms in total. The number of aromatic nitrogens is 4. The van der Waals surface area contributed by atoms with Gasteiger partial charge in [0.05, 0.1) is 4.92 Å². The van der Waals surface area contributed by atoms with Gasteiger partial charge in [0.15, 0.2) is 9.37 Å². The van der Waals surface area contributed by atoms with Gasteiger partial charge < -0.3 is 5.32 Å². The first kappa shape index (κ1) is 12.6. The highest BCUT2D eigenvalue weighted by atomic mass is 32.2. The van der Waals surface area contributed by atoms with Crippen LogP contribution in [0, 0.1) is 10.1 Å². The fourth-order valence-electron chi connectivity index (χ4n) is 1.19. The van der Waals surface area contributed by atoms with Crippen molar-refractivity contribution >= 4 is 34.6 Å². The van der Waals surface area contributed by atoms with Gasteiger partial charge in [0.1, 0.15) is 11.8 Å². The Morgan fingerprint density at radius 3 is 3.00 bits per heavy atom. The van der Waals surface area contributed by atoms with Gasteiger partial charge in [-0.05, 0) is 18.7 Å². The Kier molecular flexibility index (Phi) is 3.99. The first-order valence-corrected chi connectivity index (χ1v) is 6.59. The molecule has 1 N–H and O–H groups in total. The number of hydrogen-bond acceptors (Lipinski definition) is 9. The Bertz CT molecular complexity index is 547. The van der Waals surface area contributed by atoms with E-state index in [0.29, 0.717) is 10.9 Å². The van der Waals surface area contributed by atoms with Crippen molar-refractivity contribution in [3.63, 3.8) is 0 Å². The molecule has 0 aliphatic rings. The largest absolute Gasteiger partial charge is 0.364 e. The van der Waals surface area contributed by atoms with Crippen LogP contribution < -0.4 is 5.32 Å². The maximum absolute atomic E-state index is 11.1. The minimum Gasteiger partial charge on any atom is -0.364 e. The van der Waals surface area contributed by atoms with Crippen LogP contribution in [0.25, 0.3) is 0 Å². The predicted octanol–water partition coefficient (Wildman–Crippen LogP) is 1.82. The second kappa shape index (κ2) is 5.69. The van der Waals surface area contributed by atoms with Gasteiger partial charge in [0.25, 0.3) is 0 Å². The summed E-state index contributed by atoms with van der Waals surface area (Å²) in [5, 5.41) is 21.7. The summed E-state index contributed by atoms with van der Waals surface area (Å²) in [7, 11) is 0. The average Bonchev–Trinajstić information content (AvgIpc) is 2.82. The van der Waals surface area contributed by atoms with E-state index in [1.807, 2.05) is 6.92 Å². The van der Waals surface area contributed by atoms with E-state index >= 15 is 0 Å². The average molecular weight is 284 g/mol. The van der Waals surface area contributed by atoms with Gasteiger partial charge in [-0.1, -0.05) is 11.3 Å². The molecule has 0 atom stereocenters. The Balaban J connectivity index is 2.39. The van der Waals surface area contributed by atoms with E-state index < -0.39 is 4.92 Å². The minimum atomic E-state index is -0.499. The van der Waals surface area contributed by atoms with Crippen LogP contribution in [0.4, 0.5) is 11.5 Å². The van der Waals surface area contributed by atoms with Gasteiger partial charge in [0.2, 0.25) is 5.82 Å². The summed E-state index contributed by atoms with van der Waals surface area (Å²) in [6.45, 7) is 2.38. The molecule has 0 saturated carbocycles. The first-order chi connectivity index (χ1) is 8.72. The lowest BCUT2D eigenvalue weighted by atomic mass is 10.5. The lowest BCUT2D eigenvalue weighted by molar-refractivity contribution is -0.387. The number of rotatable bonds is 5. The molecule has 0 amide bonds. The van der Waals surface area contributed by atoms with Gasteiger partial charge in [-0.3, -0.25) is 10.1 Å². The molecule has 2 aromatic rings. The van der Waals surface area contributed by atoms with E-state index in [2.05, 4.69) is 25.5 Å². The SMILES string of the molecule is CCNc1ncnc(Sc2nncs2)c1[N+](=O)[O-]. The van der Waals surface area contributed by atoms with E-state index in [-0.39, 0.29) is 16.5 Å². The van der Waals surface area contributed by atoms with Gasteiger partial charge in [0, 0.05) is 6.54 Å². The summed E-state index contributed by atoms with van der Waals surface area (Å²) in [6.07, 6.45) is 1.29. The molecule has 0 aromatic carbocycles. The molecule has 2 heterocycles. The number of nitrogens with zero attached hydrogens (tertiary/aromatic N) is 5. The molecule has 0 saturated heterocycles. The number of anilines is 1. The fourth-order valence-corrected chi connectivity index (χ4v) is 2.65. The van der Waals surface area contributed by atoms with Crippen molar-refractivity contribution in [2.75, 3.05) is 11.9 Å². The monoisotopic (exact) mass is 284 g/mol. The first-order valence-electron chi connectivity index (χ1n) is 4.89. The van der Waals surface area contributed by atoms with Crippen molar-refractivity contribution in [2.24, 2.45) is 0 Å². The Morgan fingerprint density at radius 2 is 2.39 bits per heavy atom. The molecule has 10 heteroatoms. The molecule has 2 rings (SSSR count). The van der Waals surface area contributed by atoms with E-state index in [1.165, 1.54) is 17.7 Å². The van der Waals surface area contributed by atoms with Crippen molar-refractivity contribution < 1.29 is 4.92 Å². The molecule has 2 aromatic heterocycles. The lowest BCUT2D eigenvalue weighted by Crippen LogP contribution is -2.05. The summed E-state index contributed by atoms with van der Waals surface area (Å²) >= 11 is 2.40. The molecule has 0 spiro atoms. The lowest BCUT2D eigenvalue weighted by Gasteiger charge is -2.05. The van der Waals surface area contributed by atoms with Gasteiger partial charge in [-0.2, -0.15) is 0 Å². The number of hydrogen-bond donors (Lipinski definition) is 1. The topological polar surface area (TPSA) is 107 Å². The van der Waals surface area contributed by atoms with E-state index in [4.69, 9.17) is 0 Å². The quantitative estimate of drug-likeness (QED) is 0.503. The minimum absolute atomic E-state index is 0.139. The summed E-state index contributed by atoms with van der Waals surface area (Å²) in [4.78, 5) is 18.4. The third-order valence-corrected chi connectivity index (χ3v) is 3.61. The van der Waals surface area contributed by atoms with Gasteiger partial charge in [-0.15, -0.1) is 10.2 Å². The molecule has 18 heavy (non-hydrogen) atoms. The van der Waals surface area contributed by atoms with Crippen molar-refractivity contribution in [1.82, 2.24) is 20.2 Å². The fraction of sp³-hybridized carbons (Fsp3) is 0.250. The normalized spacial score (nSPS) is 10.3. The van der Waals surface area contributed by atoms with Crippen molar-refractivity contribution in [3.05, 3.63) is 22.0 Å². The maximum atomic E-state index is 11.1. The molecule has 0 bridgehead atoms. The van der Waals surface area contributed by atoms with Crippen LogP contribution >= 0.6 is 23.1 Å². The van der Waals surface area contributed by atoms with Gasteiger partial charge in [-0.25, -0.2) is 9.97 Å². The van der Waals surface area contributed by atoms with E-state index in [1.54, 1.807) is 5.51 Å². The van der Waals surface area contributed by atoms with Crippen LogP contribution in [0.5, 0.6) is 0 Å². The second-order valence-corrected chi connectivity index (χ2v) is 5.04. The van der Waals surface area contributed by atoms with Crippen LogP contribution in [0.1, 0.15) is 6.92 Å². The van der Waals surface area contributed by atoms with Crippen LogP contribution in [0.15, 0.2) is 21.2 Å². The molecular weight excluding hydrogens is 276 g/mol. The highest BCUT2D eigenvalue weighted by molar-refractivity contribution is 8.01. The number of nitrogens with one attached hydrogen (secondary N) is 1. The van der Waals surface area contributed by atoms with Gasteiger partial charge >= 0.3 is 5.69 Å². The van der Waals surface area contributed by atoms with E-state index in [9.17, 15) is 10.1 Å². The van der Waals surface area contributed by atoms with Crippen molar-refractivity contribution in [2.45, 2.75) is 16.3 Å². The molecule has 94 valence electrons. The molecule has 0 radical (unpaired) electrons. The van der Waals surface area contributed by atoms with Crippen LogP contribution in [-0.4, -0.2) is 31.6 Å². The summed E-state index contributed by atoms with van der Waals surface area (Å²) in [6, 6.07) is 0. The Labute approximate surface area is 110 Å². The second-order valence-electron chi connectivity index (χ2n) is 2.97. The summed E-state index contributed by atoms with van der Waals surface area (Å²) < 4.78 is 0.597. The molecule has 0 aliphatic heterocycles. The Morgan fingerprint density at radius 1 is 1.56 bits per heavy atom. The highest BCUT2D eigenvalue weighted by Crippen LogP contribution is 2.36.